The van der Waals surface area contributed by atoms with Gasteiger partial charge in [-0.05, 0) is 25.0 Å². The third-order valence-electron chi connectivity index (χ3n) is 3.88. The fraction of sp³-hybridized carbons (Fsp3) is 0.643. The zero-order chi connectivity index (χ0) is 14.6. The van der Waals surface area contributed by atoms with Crippen LogP contribution in [0.3, 0.4) is 0 Å². The largest absolute Gasteiger partial charge is 0.362 e. The fourth-order valence-electron chi connectivity index (χ4n) is 2.62. The van der Waals surface area contributed by atoms with Crippen LogP contribution in [0.15, 0.2) is 12.1 Å². The van der Waals surface area contributed by atoms with E-state index in [2.05, 4.69) is 15.5 Å². The Morgan fingerprint density at radius 3 is 2.50 bits per heavy atom. The summed E-state index contributed by atoms with van der Waals surface area (Å²) in [5.41, 5.74) is 6.22. The van der Waals surface area contributed by atoms with Crippen molar-refractivity contribution < 1.29 is 4.79 Å². The average molecular weight is 277 g/mol. The van der Waals surface area contributed by atoms with Crippen molar-refractivity contribution in [2.75, 3.05) is 26.0 Å². The smallest absolute Gasteiger partial charge is 0.273 e. The van der Waals surface area contributed by atoms with Gasteiger partial charge >= 0.3 is 0 Å². The standard InChI is InChI=1S/C14H23N5O/c1-19(2)13(20)11-6-7-12(18-17-11)16-14(10-15)8-4-3-5-9-14/h6-7H,3-5,8-10,15H2,1-2H3,(H,16,18). The van der Waals surface area contributed by atoms with E-state index in [0.717, 1.165) is 12.8 Å². The van der Waals surface area contributed by atoms with Crippen LogP contribution in [-0.4, -0.2) is 47.2 Å². The van der Waals surface area contributed by atoms with Gasteiger partial charge in [0.25, 0.3) is 5.91 Å². The molecule has 1 aromatic rings. The molecular weight excluding hydrogens is 254 g/mol. The molecule has 0 saturated heterocycles. The predicted molar refractivity (Wildman–Crippen MR) is 78.5 cm³/mol. The lowest BCUT2D eigenvalue weighted by molar-refractivity contribution is 0.0821. The molecule has 1 fully saturated rings. The number of amides is 1. The summed E-state index contributed by atoms with van der Waals surface area (Å²) >= 11 is 0. The molecule has 0 unspecified atom stereocenters. The van der Waals surface area contributed by atoms with Gasteiger partial charge in [0.05, 0.1) is 5.54 Å². The molecule has 0 radical (unpaired) electrons. The second-order valence-corrected chi connectivity index (χ2v) is 5.67. The van der Waals surface area contributed by atoms with Crippen molar-refractivity contribution in [2.24, 2.45) is 5.73 Å². The Hall–Kier alpha value is -1.69. The number of nitrogens with zero attached hydrogens (tertiary/aromatic N) is 3. The number of hydrogen-bond donors (Lipinski definition) is 2. The van der Waals surface area contributed by atoms with Crippen molar-refractivity contribution in [3.63, 3.8) is 0 Å². The Balaban J connectivity index is 2.08. The Bertz CT molecular complexity index is 451. The van der Waals surface area contributed by atoms with E-state index in [1.54, 1.807) is 26.2 Å². The number of hydrogen-bond acceptors (Lipinski definition) is 5. The highest BCUT2D eigenvalue weighted by molar-refractivity contribution is 5.91. The van der Waals surface area contributed by atoms with Gasteiger partial charge in [-0.3, -0.25) is 4.79 Å². The van der Waals surface area contributed by atoms with Gasteiger partial charge in [-0.1, -0.05) is 19.3 Å². The minimum Gasteiger partial charge on any atom is -0.362 e. The molecule has 110 valence electrons. The quantitative estimate of drug-likeness (QED) is 0.865. The van der Waals surface area contributed by atoms with Gasteiger partial charge in [0.2, 0.25) is 0 Å². The highest BCUT2D eigenvalue weighted by atomic mass is 16.2. The molecule has 2 rings (SSSR count). The van der Waals surface area contributed by atoms with Crippen LogP contribution in [0, 0.1) is 0 Å². The lowest BCUT2D eigenvalue weighted by Crippen LogP contribution is -2.47. The molecule has 3 N–H and O–H groups in total. The molecule has 6 nitrogen and oxygen atoms in total. The van der Waals surface area contributed by atoms with E-state index < -0.39 is 0 Å². The molecule has 0 aromatic carbocycles. The van der Waals surface area contributed by atoms with Crippen LogP contribution in [0.5, 0.6) is 0 Å². The molecule has 1 aliphatic rings. The molecule has 6 heteroatoms. The lowest BCUT2D eigenvalue weighted by atomic mass is 9.82. The Labute approximate surface area is 119 Å². The molecule has 0 bridgehead atoms. The SMILES string of the molecule is CN(C)C(=O)c1ccc(NC2(CN)CCCCC2)nn1. The van der Waals surface area contributed by atoms with Crippen molar-refractivity contribution >= 4 is 11.7 Å². The molecule has 1 heterocycles. The Morgan fingerprint density at radius 1 is 1.30 bits per heavy atom. The highest BCUT2D eigenvalue weighted by Crippen LogP contribution is 2.30. The summed E-state index contributed by atoms with van der Waals surface area (Å²) in [4.78, 5) is 13.2. The number of anilines is 1. The molecule has 1 aromatic heterocycles. The molecule has 1 amide bonds. The molecule has 0 spiro atoms. The van der Waals surface area contributed by atoms with Crippen LogP contribution < -0.4 is 11.1 Å². The third kappa shape index (κ3) is 3.25. The highest BCUT2D eigenvalue weighted by Gasteiger charge is 2.30. The van der Waals surface area contributed by atoms with Crippen molar-refractivity contribution in [1.82, 2.24) is 15.1 Å². The lowest BCUT2D eigenvalue weighted by Gasteiger charge is -2.37. The molecule has 1 aliphatic carbocycles. The Morgan fingerprint density at radius 2 is 2.00 bits per heavy atom. The van der Waals surface area contributed by atoms with Crippen molar-refractivity contribution in [1.29, 1.82) is 0 Å². The minimum absolute atomic E-state index is 0.0694. The van der Waals surface area contributed by atoms with Gasteiger partial charge in [-0.2, -0.15) is 0 Å². The zero-order valence-corrected chi connectivity index (χ0v) is 12.2. The van der Waals surface area contributed by atoms with E-state index >= 15 is 0 Å². The number of nitrogens with one attached hydrogen (secondary N) is 1. The van der Waals surface area contributed by atoms with Crippen LogP contribution in [0.25, 0.3) is 0 Å². The monoisotopic (exact) mass is 277 g/mol. The molecular formula is C14H23N5O. The minimum atomic E-state index is -0.143. The zero-order valence-electron chi connectivity index (χ0n) is 12.2. The van der Waals surface area contributed by atoms with Crippen molar-refractivity contribution in [3.8, 4) is 0 Å². The van der Waals surface area contributed by atoms with Gasteiger partial charge in [0, 0.05) is 20.6 Å². The van der Waals surface area contributed by atoms with E-state index in [-0.39, 0.29) is 11.4 Å². The second kappa shape index (κ2) is 6.17. The van der Waals surface area contributed by atoms with Crippen LogP contribution in [-0.2, 0) is 0 Å². The Kier molecular flexibility index (Phi) is 4.54. The van der Waals surface area contributed by atoms with E-state index in [0.29, 0.717) is 18.1 Å². The summed E-state index contributed by atoms with van der Waals surface area (Å²) in [6.45, 7) is 0.590. The van der Waals surface area contributed by atoms with Crippen LogP contribution >= 0.6 is 0 Å². The first-order chi connectivity index (χ1) is 9.56. The summed E-state index contributed by atoms with van der Waals surface area (Å²) in [6.07, 6.45) is 5.77. The van der Waals surface area contributed by atoms with Crippen molar-refractivity contribution in [3.05, 3.63) is 17.8 Å². The first-order valence-electron chi connectivity index (χ1n) is 7.10. The van der Waals surface area contributed by atoms with E-state index in [1.165, 1.54) is 24.2 Å². The van der Waals surface area contributed by atoms with Gasteiger partial charge in [-0.15, -0.1) is 10.2 Å². The van der Waals surface area contributed by atoms with Crippen LogP contribution in [0.2, 0.25) is 0 Å². The maximum absolute atomic E-state index is 11.7. The molecule has 20 heavy (non-hydrogen) atoms. The number of aromatic nitrogens is 2. The van der Waals surface area contributed by atoms with Crippen molar-refractivity contribution in [2.45, 2.75) is 37.6 Å². The van der Waals surface area contributed by atoms with Gasteiger partial charge < -0.3 is 16.0 Å². The molecule has 0 atom stereocenters. The maximum atomic E-state index is 11.7. The summed E-state index contributed by atoms with van der Waals surface area (Å²) in [5, 5.41) is 11.5. The van der Waals surface area contributed by atoms with Gasteiger partial charge in [0.1, 0.15) is 5.82 Å². The van der Waals surface area contributed by atoms with Gasteiger partial charge in [-0.25, -0.2) is 0 Å². The summed E-state index contributed by atoms with van der Waals surface area (Å²) in [5.74, 6) is 0.544. The van der Waals surface area contributed by atoms with E-state index in [9.17, 15) is 4.79 Å². The van der Waals surface area contributed by atoms with Crippen LogP contribution in [0.4, 0.5) is 5.82 Å². The van der Waals surface area contributed by atoms with Crippen LogP contribution in [0.1, 0.15) is 42.6 Å². The summed E-state index contributed by atoms with van der Waals surface area (Å²) < 4.78 is 0. The number of carbonyl (C=O) groups excluding carboxylic acids is 1. The topological polar surface area (TPSA) is 84.1 Å². The first-order valence-corrected chi connectivity index (χ1v) is 7.10. The fourth-order valence-corrected chi connectivity index (χ4v) is 2.62. The summed E-state index contributed by atoms with van der Waals surface area (Å²) in [6, 6.07) is 3.50. The molecule has 0 aliphatic heterocycles. The normalized spacial score (nSPS) is 17.6. The van der Waals surface area contributed by atoms with Gasteiger partial charge in [0.15, 0.2) is 5.69 Å². The second-order valence-electron chi connectivity index (χ2n) is 5.67. The van der Waals surface area contributed by atoms with E-state index in [1.807, 2.05) is 0 Å². The first kappa shape index (κ1) is 14.7. The number of carbonyl (C=O) groups is 1. The average Bonchev–Trinajstić information content (AvgIpc) is 2.48. The number of rotatable bonds is 4. The maximum Gasteiger partial charge on any atom is 0.273 e. The van der Waals surface area contributed by atoms with E-state index in [4.69, 9.17) is 5.73 Å². The predicted octanol–water partition coefficient (Wildman–Crippen LogP) is 1.25. The third-order valence-corrected chi connectivity index (χ3v) is 3.88. The summed E-state index contributed by atoms with van der Waals surface area (Å²) in [7, 11) is 3.39. The number of nitrogens with two attached hydrogens (primary N) is 1. The molecule has 1 saturated carbocycles.